The van der Waals surface area contributed by atoms with E-state index in [9.17, 15) is 4.79 Å². The number of rotatable bonds is 7. The summed E-state index contributed by atoms with van der Waals surface area (Å²) in [5.74, 6) is 1.11. The second-order valence-electron chi connectivity index (χ2n) is 5.50. The molecule has 0 bridgehead atoms. The molecule has 3 N–H and O–H groups in total. The number of carbonyl (C=O) groups is 1. The van der Waals surface area contributed by atoms with Gasteiger partial charge in [-0.05, 0) is 65.7 Å². The maximum absolute atomic E-state index is 12.0. The molecule has 0 aromatic carbocycles. The van der Waals surface area contributed by atoms with Crippen LogP contribution >= 0.6 is 15.9 Å². The van der Waals surface area contributed by atoms with Gasteiger partial charge in [-0.25, -0.2) is 4.98 Å². The van der Waals surface area contributed by atoms with Gasteiger partial charge in [-0.15, -0.1) is 0 Å². The number of amides is 1. The van der Waals surface area contributed by atoms with Crippen LogP contribution in [0.15, 0.2) is 16.9 Å². The fraction of sp³-hybridized carbons (Fsp3) is 0.600. The summed E-state index contributed by atoms with van der Waals surface area (Å²) in [5, 5.41) is 2.89. The molecule has 0 aliphatic heterocycles. The standard InChI is InChI=1S/C15H24BrN3O/c1-10(2)12(6-7-17)4-5-14(20)19-13-8-11(3)15(16)18-9-13/h8-10,12H,4-7,17H2,1-3H3,(H,19,20). The topological polar surface area (TPSA) is 68.0 Å². The number of pyridine rings is 1. The van der Waals surface area contributed by atoms with E-state index < -0.39 is 0 Å². The number of nitrogens with two attached hydrogens (primary N) is 1. The predicted octanol–water partition coefficient (Wildman–Crippen LogP) is 3.49. The summed E-state index contributed by atoms with van der Waals surface area (Å²) in [6, 6.07) is 1.91. The summed E-state index contributed by atoms with van der Waals surface area (Å²) < 4.78 is 0.804. The van der Waals surface area contributed by atoms with Crippen molar-refractivity contribution in [1.82, 2.24) is 4.98 Å². The Balaban J connectivity index is 2.48. The van der Waals surface area contributed by atoms with Gasteiger partial charge in [0.1, 0.15) is 4.60 Å². The maximum atomic E-state index is 12.0. The summed E-state index contributed by atoms with van der Waals surface area (Å²) in [6.07, 6.45) is 4.04. The van der Waals surface area contributed by atoms with Gasteiger partial charge >= 0.3 is 0 Å². The van der Waals surface area contributed by atoms with Gasteiger partial charge in [-0.3, -0.25) is 4.79 Å². The van der Waals surface area contributed by atoms with E-state index in [1.54, 1.807) is 6.20 Å². The third-order valence-electron chi connectivity index (χ3n) is 3.52. The van der Waals surface area contributed by atoms with Crippen LogP contribution in [-0.2, 0) is 4.79 Å². The van der Waals surface area contributed by atoms with Crippen molar-refractivity contribution in [2.75, 3.05) is 11.9 Å². The number of nitrogens with one attached hydrogen (secondary N) is 1. The summed E-state index contributed by atoms with van der Waals surface area (Å²) in [6.45, 7) is 6.99. The molecule has 4 nitrogen and oxygen atoms in total. The second kappa shape index (κ2) is 8.37. The lowest BCUT2D eigenvalue weighted by Gasteiger charge is -2.19. The molecule has 1 atom stereocenters. The summed E-state index contributed by atoms with van der Waals surface area (Å²) in [4.78, 5) is 16.1. The zero-order valence-electron chi connectivity index (χ0n) is 12.4. The first-order valence-electron chi connectivity index (χ1n) is 7.06. The first-order valence-corrected chi connectivity index (χ1v) is 7.85. The van der Waals surface area contributed by atoms with E-state index in [1.807, 2.05) is 13.0 Å². The minimum Gasteiger partial charge on any atom is -0.330 e. The molecule has 0 aliphatic carbocycles. The smallest absolute Gasteiger partial charge is 0.224 e. The fourth-order valence-electron chi connectivity index (χ4n) is 2.19. The van der Waals surface area contributed by atoms with Crippen LogP contribution in [0.2, 0.25) is 0 Å². The molecule has 1 aromatic rings. The molecule has 0 radical (unpaired) electrons. The molecule has 0 fully saturated rings. The Morgan fingerprint density at radius 2 is 2.15 bits per heavy atom. The van der Waals surface area contributed by atoms with Crippen molar-refractivity contribution >= 4 is 27.5 Å². The number of hydrogen-bond acceptors (Lipinski definition) is 3. The summed E-state index contributed by atoms with van der Waals surface area (Å²) in [7, 11) is 0. The van der Waals surface area contributed by atoms with Gasteiger partial charge in [0.05, 0.1) is 11.9 Å². The normalized spacial score (nSPS) is 12.5. The van der Waals surface area contributed by atoms with Crippen LogP contribution in [0.3, 0.4) is 0 Å². The first kappa shape index (κ1) is 17.1. The average molecular weight is 342 g/mol. The quantitative estimate of drug-likeness (QED) is 0.746. The molecule has 5 heteroatoms. The number of halogens is 1. The number of carbonyl (C=O) groups excluding carboxylic acids is 1. The van der Waals surface area contributed by atoms with Gasteiger partial charge in [-0.1, -0.05) is 13.8 Å². The van der Waals surface area contributed by atoms with E-state index in [-0.39, 0.29) is 5.91 Å². The molecule has 20 heavy (non-hydrogen) atoms. The number of aromatic nitrogens is 1. The average Bonchev–Trinajstić information content (AvgIpc) is 2.38. The highest BCUT2D eigenvalue weighted by Crippen LogP contribution is 2.21. The second-order valence-corrected chi connectivity index (χ2v) is 6.25. The van der Waals surface area contributed by atoms with E-state index in [2.05, 4.69) is 40.1 Å². The Morgan fingerprint density at radius 1 is 1.45 bits per heavy atom. The van der Waals surface area contributed by atoms with Gasteiger partial charge in [-0.2, -0.15) is 0 Å². The Morgan fingerprint density at radius 3 is 2.70 bits per heavy atom. The minimum absolute atomic E-state index is 0.0381. The van der Waals surface area contributed by atoms with Crippen LogP contribution < -0.4 is 11.1 Å². The van der Waals surface area contributed by atoms with Crippen LogP contribution in [0, 0.1) is 18.8 Å². The van der Waals surface area contributed by atoms with E-state index in [4.69, 9.17) is 5.73 Å². The number of anilines is 1. The predicted molar refractivity (Wildman–Crippen MR) is 86.5 cm³/mol. The third kappa shape index (κ3) is 5.59. The molecule has 1 amide bonds. The molecule has 1 rings (SSSR count). The monoisotopic (exact) mass is 341 g/mol. The van der Waals surface area contributed by atoms with Crippen molar-refractivity contribution in [3.05, 3.63) is 22.4 Å². The number of aryl methyl sites for hydroxylation is 1. The summed E-state index contributed by atoms with van der Waals surface area (Å²) in [5.41, 5.74) is 7.37. The Labute approximate surface area is 129 Å². The third-order valence-corrected chi connectivity index (χ3v) is 4.35. The molecule has 112 valence electrons. The van der Waals surface area contributed by atoms with Gasteiger partial charge in [0, 0.05) is 6.42 Å². The van der Waals surface area contributed by atoms with Crippen LogP contribution in [-0.4, -0.2) is 17.4 Å². The lowest BCUT2D eigenvalue weighted by molar-refractivity contribution is -0.116. The minimum atomic E-state index is 0.0381. The van der Waals surface area contributed by atoms with E-state index >= 15 is 0 Å². The molecular formula is C15H24BrN3O. The van der Waals surface area contributed by atoms with Crippen molar-refractivity contribution in [3.63, 3.8) is 0 Å². The zero-order valence-corrected chi connectivity index (χ0v) is 14.0. The highest BCUT2D eigenvalue weighted by Gasteiger charge is 2.14. The molecule has 0 aliphatic rings. The Kier molecular flexibility index (Phi) is 7.16. The van der Waals surface area contributed by atoms with Crippen LogP contribution in [0.5, 0.6) is 0 Å². The van der Waals surface area contributed by atoms with Crippen LogP contribution in [0.4, 0.5) is 5.69 Å². The molecule has 0 saturated carbocycles. The van der Waals surface area contributed by atoms with Crippen LogP contribution in [0.1, 0.15) is 38.7 Å². The van der Waals surface area contributed by atoms with Crippen molar-refractivity contribution < 1.29 is 4.79 Å². The van der Waals surface area contributed by atoms with E-state index in [1.165, 1.54) is 0 Å². The van der Waals surface area contributed by atoms with E-state index in [0.717, 1.165) is 28.7 Å². The maximum Gasteiger partial charge on any atom is 0.224 e. The lowest BCUT2D eigenvalue weighted by atomic mass is 9.88. The Bertz CT molecular complexity index is 449. The van der Waals surface area contributed by atoms with Crippen molar-refractivity contribution in [2.45, 2.75) is 40.0 Å². The highest BCUT2D eigenvalue weighted by molar-refractivity contribution is 9.10. The van der Waals surface area contributed by atoms with Crippen molar-refractivity contribution in [1.29, 1.82) is 0 Å². The molecular weight excluding hydrogens is 318 g/mol. The number of hydrogen-bond donors (Lipinski definition) is 2. The van der Waals surface area contributed by atoms with Crippen molar-refractivity contribution in [3.8, 4) is 0 Å². The molecule has 0 spiro atoms. The van der Waals surface area contributed by atoms with Crippen molar-refractivity contribution in [2.24, 2.45) is 17.6 Å². The molecule has 0 saturated heterocycles. The number of nitrogens with zero attached hydrogens (tertiary/aromatic N) is 1. The largest absolute Gasteiger partial charge is 0.330 e. The molecule has 1 unspecified atom stereocenters. The lowest BCUT2D eigenvalue weighted by Crippen LogP contribution is -2.18. The summed E-state index contributed by atoms with van der Waals surface area (Å²) >= 11 is 3.34. The highest BCUT2D eigenvalue weighted by atomic mass is 79.9. The first-order chi connectivity index (χ1) is 9.43. The van der Waals surface area contributed by atoms with E-state index in [0.29, 0.717) is 24.8 Å². The SMILES string of the molecule is Cc1cc(NC(=O)CCC(CCN)C(C)C)cnc1Br. The van der Waals surface area contributed by atoms with Gasteiger partial charge in [0.15, 0.2) is 0 Å². The van der Waals surface area contributed by atoms with Gasteiger partial charge < -0.3 is 11.1 Å². The van der Waals surface area contributed by atoms with Crippen LogP contribution in [0.25, 0.3) is 0 Å². The molecule has 1 aromatic heterocycles. The fourth-order valence-corrected chi connectivity index (χ4v) is 2.41. The Hall–Kier alpha value is -0.940. The zero-order chi connectivity index (χ0) is 15.1. The van der Waals surface area contributed by atoms with Gasteiger partial charge in [0.2, 0.25) is 5.91 Å². The molecule has 1 heterocycles. The van der Waals surface area contributed by atoms with Gasteiger partial charge in [0.25, 0.3) is 0 Å².